The van der Waals surface area contributed by atoms with Crippen molar-refractivity contribution in [1.82, 2.24) is 9.62 Å². The van der Waals surface area contributed by atoms with E-state index in [9.17, 15) is 13.2 Å². The Labute approximate surface area is 192 Å². The molecule has 1 saturated heterocycles. The van der Waals surface area contributed by atoms with Gasteiger partial charge in [-0.2, -0.15) is 4.31 Å². The van der Waals surface area contributed by atoms with Crippen molar-refractivity contribution in [2.45, 2.75) is 30.0 Å². The van der Waals surface area contributed by atoms with E-state index in [4.69, 9.17) is 4.74 Å². The Morgan fingerprint density at radius 1 is 1.09 bits per heavy atom. The van der Waals surface area contributed by atoms with Crippen molar-refractivity contribution in [2.75, 3.05) is 19.7 Å². The van der Waals surface area contributed by atoms with Crippen LogP contribution in [0.3, 0.4) is 0 Å². The first kappa shape index (κ1) is 22.5. The third-order valence-corrected chi connectivity index (χ3v) is 8.79. The fourth-order valence-electron chi connectivity index (χ4n) is 3.86. The van der Waals surface area contributed by atoms with Crippen molar-refractivity contribution >= 4 is 27.3 Å². The molecule has 0 aliphatic carbocycles. The van der Waals surface area contributed by atoms with E-state index in [1.807, 2.05) is 61.5 Å². The predicted octanol–water partition coefficient (Wildman–Crippen LogP) is 4.07. The summed E-state index contributed by atoms with van der Waals surface area (Å²) in [6.45, 7) is 2.82. The molecule has 8 heteroatoms. The van der Waals surface area contributed by atoms with Gasteiger partial charge in [0.15, 0.2) is 0 Å². The molecule has 1 aliphatic heterocycles. The summed E-state index contributed by atoms with van der Waals surface area (Å²) >= 11 is 1.23. The van der Waals surface area contributed by atoms with Gasteiger partial charge in [-0.15, -0.1) is 11.3 Å². The van der Waals surface area contributed by atoms with Crippen molar-refractivity contribution in [2.24, 2.45) is 0 Å². The molecule has 0 bridgehead atoms. The summed E-state index contributed by atoms with van der Waals surface area (Å²) in [6, 6.07) is 20.4. The summed E-state index contributed by atoms with van der Waals surface area (Å²) in [4.78, 5) is 13.7. The van der Waals surface area contributed by atoms with Gasteiger partial charge in [0.25, 0.3) is 10.0 Å². The highest BCUT2D eigenvalue weighted by Gasteiger charge is 2.39. The van der Waals surface area contributed by atoms with E-state index in [0.29, 0.717) is 32.5 Å². The SMILES string of the molecule is Cc1ccc(S(=O)(=O)N2CCCC2C(=O)NCCOc2ccccc2-c2ccccc2)s1. The van der Waals surface area contributed by atoms with E-state index in [1.165, 1.54) is 15.6 Å². The lowest BCUT2D eigenvalue weighted by Gasteiger charge is -2.22. The van der Waals surface area contributed by atoms with Crippen LogP contribution in [0, 0.1) is 6.92 Å². The molecule has 2 aromatic carbocycles. The number of amides is 1. The van der Waals surface area contributed by atoms with Crippen molar-refractivity contribution < 1.29 is 17.9 Å². The van der Waals surface area contributed by atoms with Gasteiger partial charge in [0.2, 0.25) is 5.91 Å². The maximum Gasteiger partial charge on any atom is 0.253 e. The number of nitrogens with one attached hydrogen (secondary N) is 1. The second kappa shape index (κ2) is 9.85. The Balaban J connectivity index is 1.35. The number of sulfonamides is 1. The molecular formula is C24H26N2O4S2. The molecule has 1 aromatic heterocycles. The Morgan fingerprint density at radius 3 is 2.59 bits per heavy atom. The van der Waals surface area contributed by atoms with Gasteiger partial charge >= 0.3 is 0 Å². The maximum atomic E-state index is 13.0. The van der Waals surface area contributed by atoms with Crippen LogP contribution in [0.5, 0.6) is 5.75 Å². The van der Waals surface area contributed by atoms with Crippen LogP contribution in [-0.2, 0) is 14.8 Å². The summed E-state index contributed by atoms with van der Waals surface area (Å²) in [7, 11) is -3.66. The van der Waals surface area contributed by atoms with Crippen LogP contribution in [0.1, 0.15) is 17.7 Å². The number of nitrogens with zero attached hydrogens (tertiary/aromatic N) is 1. The number of rotatable bonds is 8. The lowest BCUT2D eigenvalue weighted by molar-refractivity contribution is -0.124. The van der Waals surface area contributed by atoms with Gasteiger partial charge in [-0.25, -0.2) is 8.42 Å². The molecule has 6 nitrogen and oxygen atoms in total. The minimum atomic E-state index is -3.66. The number of ether oxygens (including phenoxy) is 1. The van der Waals surface area contributed by atoms with Gasteiger partial charge in [-0.3, -0.25) is 4.79 Å². The summed E-state index contributed by atoms with van der Waals surface area (Å²) in [5.41, 5.74) is 2.04. The summed E-state index contributed by atoms with van der Waals surface area (Å²) < 4.78 is 33.5. The van der Waals surface area contributed by atoms with E-state index in [0.717, 1.165) is 21.8 Å². The van der Waals surface area contributed by atoms with Gasteiger partial charge in [0, 0.05) is 17.0 Å². The molecule has 168 valence electrons. The molecule has 0 spiro atoms. The predicted molar refractivity (Wildman–Crippen MR) is 126 cm³/mol. The Bertz CT molecular complexity index is 1180. The zero-order chi connectivity index (χ0) is 22.6. The molecule has 0 radical (unpaired) electrons. The number of carbonyl (C=O) groups excluding carboxylic acids is 1. The Hall–Kier alpha value is -2.68. The lowest BCUT2D eigenvalue weighted by atomic mass is 10.1. The summed E-state index contributed by atoms with van der Waals surface area (Å²) in [5, 5.41) is 2.85. The minimum absolute atomic E-state index is 0.278. The second-order valence-electron chi connectivity index (χ2n) is 7.64. The zero-order valence-electron chi connectivity index (χ0n) is 17.9. The molecule has 1 amide bonds. The molecular weight excluding hydrogens is 444 g/mol. The zero-order valence-corrected chi connectivity index (χ0v) is 19.5. The number of para-hydroxylation sites is 1. The van der Waals surface area contributed by atoms with Crippen LogP contribution in [0.2, 0.25) is 0 Å². The molecule has 1 N–H and O–H groups in total. The monoisotopic (exact) mass is 470 g/mol. The molecule has 4 rings (SSSR count). The smallest absolute Gasteiger partial charge is 0.253 e. The third-order valence-electron chi connectivity index (χ3n) is 5.42. The van der Waals surface area contributed by atoms with Crippen molar-refractivity contribution in [3.8, 4) is 16.9 Å². The first-order chi connectivity index (χ1) is 15.5. The maximum absolute atomic E-state index is 13.0. The number of aryl methyl sites for hydroxylation is 1. The molecule has 1 atom stereocenters. The average molecular weight is 471 g/mol. The highest BCUT2D eigenvalue weighted by Crippen LogP contribution is 2.31. The second-order valence-corrected chi connectivity index (χ2v) is 11.0. The molecule has 1 aliphatic rings. The van der Waals surface area contributed by atoms with Crippen LogP contribution in [0.25, 0.3) is 11.1 Å². The molecule has 32 heavy (non-hydrogen) atoms. The van der Waals surface area contributed by atoms with Crippen LogP contribution in [0.4, 0.5) is 0 Å². The van der Waals surface area contributed by atoms with E-state index < -0.39 is 16.1 Å². The number of thiophene rings is 1. The highest BCUT2D eigenvalue weighted by molar-refractivity contribution is 7.91. The fourth-order valence-corrected chi connectivity index (χ4v) is 6.93. The topological polar surface area (TPSA) is 75.7 Å². The van der Waals surface area contributed by atoms with Crippen LogP contribution in [0.15, 0.2) is 70.9 Å². The van der Waals surface area contributed by atoms with Gasteiger partial charge < -0.3 is 10.1 Å². The van der Waals surface area contributed by atoms with Gasteiger partial charge in [0.1, 0.15) is 22.6 Å². The van der Waals surface area contributed by atoms with Gasteiger partial charge in [-0.1, -0.05) is 48.5 Å². The number of benzene rings is 2. The van der Waals surface area contributed by atoms with Crippen molar-refractivity contribution in [3.63, 3.8) is 0 Å². The first-order valence-electron chi connectivity index (χ1n) is 10.6. The largest absolute Gasteiger partial charge is 0.491 e. The first-order valence-corrected chi connectivity index (χ1v) is 12.9. The normalized spacial score (nSPS) is 16.7. The number of hydrogen-bond acceptors (Lipinski definition) is 5. The van der Waals surface area contributed by atoms with E-state index in [2.05, 4.69) is 5.32 Å². The molecule has 2 heterocycles. The fraction of sp³-hybridized carbons (Fsp3) is 0.292. The van der Waals surface area contributed by atoms with Crippen molar-refractivity contribution in [1.29, 1.82) is 0 Å². The van der Waals surface area contributed by atoms with Crippen molar-refractivity contribution in [3.05, 3.63) is 71.6 Å². The van der Waals surface area contributed by atoms with Gasteiger partial charge in [-0.05, 0) is 43.5 Å². The van der Waals surface area contributed by atoms with E-state index >= 15 is 0 Å². The molecule has 1 fully saturated rings. The summed E-state index contributed by atoms with van der Waals surface area (Å²) in [6.07, 6.45) is 1.19. The number of hydrogen-bond donors (Lipinski definition) is 1. The highest BCUT2D eigenvalue weighted by atomic mass is 32.2. The molecule has 1 unspecified atom stereocenters. The molecule has 0 saturated carbocycles. The average Bonchev–Trinajstić information content (AvgIpc) is 3.48. The van der Waals surface area contributed by atoms with Gasteiger partial charge in [0.05, 0.1) is 6.54 Å². The van der Waals surface area contributed by atoms with Crippen LogP contribution in [-0.4, -0.2) is 44.4 Å². The van der Waals surface area contributed by atoms with Crippen LogP contribution >= 0.6 is 11.3 Å². The standard InChI is InChI=1S/C24H26N2O4S2/c1-18-13-14-23(31-18)32(28,29)26-16-7-11-21(26)24(27)25-15-17-30-22-12-6-5-10-20(22)19-8-3-2-4-9-19/h2-6,8-10,12-14,21H,7,11,15-17H2,1H3,(H,25,27). The quantitative estimate of drug-likeness (QED) is 0.504. The van der Waals surface area contributed by atoms with Crippen LogP contribution < -0.4 is 10.1 Å². The van der Waals surface area contributed by atoms with E-state index in [-0.39, 0.29) is 10.1 Å². The third kappa shape index (κ3) is 4.87. The molecule has 3 aromatic rings. The Morgan fingerprint density at radius 2 is 1.84 bits per heavy atom. The van der Waals surface area contributed by atoms with E-state index in [1.54, 1.807) is 12.1 Å². The Kier molecular flexibility index (Phi) is 6.93. The lowest BCUT2D eigenvalue weighted by Crippen LogP contribution is -2.46. The number of carbonyl (C=O) groups is 1. The minimum Gasteiger partial charge on any atom is -0.491 e. The summed E-state index contributed by atoms with van der Waals surface area (Å²) in [5.74, 6) is 0.463.